The molecule has 0 radical (unpaired) electrons. The maximum Gasteiger partial charge on any atom is 0.236 e. The van der Waals surface area contributed by atoms with E-state index in [1.54, 1.807) is 0 Å². The highest BCUT2D eigenvalue weighted by Crippen LogP contribution is 2.34. The van der Waals surface area contributed by atoms with Crippen LogP contribution in [0.1, 0.15) is 51.9 Å². The zero-order valence-electron chi connectivity index (χ0n) is 13.6. The van der Waals surface area contributed by atoms with E-state index in [0.717, 1.165) is 44.7 Å². The number of carbonyl (C=O) groups excluding carboxylic acids is 1. The number of rotatable bonds is 5. The summed E-state index contributed by atoms with van der Waals surface area (Å²) in [5.74, 6) is 1.06. The molecule has 0 N–H and O–H groups in total. The summed E-state index contributed by atoms with van der Waals surface area (Å²) in [6.07, 6.45) is 7.99. The molecule has 0 aromatic heterocycles. The third-order valence-corrected chi connectivity index (χ3v) is 5.20. The predicted octanol–water partition coefficient (Wildman–Crippen LogP) is 2.65. The number of amides is 1. The molecule has 0 spiro atoms. The molecule has 4 heteroatoms. The van der Waals surface area contributed by atoms with E-state index < -0.39 is 0 Å². The van der Waals surface area contributed by atoms with Crippen molar-refractivity contribution in [3.63, 3.8) is 0 Å². The van der Waals surface area contributed by atoms with E-state index in [0.29, 0.717) is 6.54 Å². The average Bonchev–Trinajstić information content (AvgIpc) is 3.01. The Balaban J connectivity index is 1.92. The summed E-state index contributed by atoms with van der Waals surface area (Å²) in [4.78, 5) is 16.4. The maximum atomic E-state index is 12.3. The number of carbonyl (C=O) groups is 1. The Bertz CT molecular complexity index is 384. The molecule has 0 aromatic rings. The van der Waals surface area contributed by atoms with Crippen molar-refractivity contribution in [1.29, 1.82) is 5.26 Å². The van der Waals surface area contributed by atoms with Crippen LogP contribution in [-0.2, 0) is 4.79 Å². The van der Waals surface area contributed by atoms with Crippen molar-refractivity contribution >= 4 is 5.91 Å². The van der Waals surface area contributed by atoms with Crippen LogP contribution in [0.25, 0.3) is 0 Å². The van der Waals surface area contributed by atoms with Crippen molar-refractivity contribution in [3.05, 3.63) is 0 Å². The minimum absolute atomic E-state index is 0.0921. The van der Waals surface area contributed by atoms with Crippen molar-refractivity contribution in [1.82, 2.24) is 9.80 Å². The Morgan fingerprint density at radius 2 is 2.05 bits per heavy atom. The smallest absolute Gasteiger partial charge is 0.236 e. The monoisotopic (exact) mass is 291 g/mol. The Hall–Kier alpha value is -1.08. The maximum absolute atomic E-state index is 12.3. The average molecular weight is 291 g/mol. The van der Waals surface area contributed by atoms with Crippen LogP contribution >= 0.6 is 0 Å². The second-order valence-corrected chi connectivity index (χ2v) is 6.77. The lowest BCUT2D eigenvalue weighted by atomic mass is 9.76. The van der Waals surface area contributed by atoms with E-state index in [1.807, 2.05) is 11.9 Å². The lowest BCUT2D eigenvalue weighted by Crippen LogP contribution is -2.46. The molecule has 1 aliphatic carbocycles. The quantitative estimate of drug-likeness (QED) is 0.782. The van der Waals surface area contributed by atoms with E-state index in [-0.39, 0.29) is 17.9 Å². The molecule has 3 atom stereocenters. The summed E-state index contributed by atoms with van der Waals surface area (Å²) in [5, 5.41) is 9.40. The van der Waals surface area contributed by atoms with Crippen molar-refractivity contribution in [3.8, 4) is 6.07 Å². The fraction of sp³-hybridized carbons (Fsp3) is 0.882. The number of hydrogen-bond donors (Lipinski definition) is 0. The second kappa shape index (κ2) is 7.79. The number of likely N-dealkylation sites (tertiary alicyclic amines) is 1. The van der Waals surface area contributed by atoms with Gasteiger partial charge < -0.3 is 4.90 Å². The Morgan fingerprint density at radius 3 is 2.67 bits per heavy atom. The van der Waals surface area contributed by atoms with Gasteiger partial charge in [-0.1, -0.05) is 19.8 Å². The lowest BCUT2D eigenvalue weighted by molar-refractivity contribution is -0.132. The highest BCUT2D eigenvalue weighted by atomic mass is 16.2. The summed E-state index contributed by atoms with van der Waals surface area (Å²) in [6.45, 7) is 4.53. The third-order valence-electron chi connectivity index (χ3n) is 5.20. The summed E-state index contributed by atoms with van der Waals surface area (Å²) < 4.78 is 0. The summed E-state index contributed by atoms with van der Waals surface area (Å²) in [5.41, 5.74) is 0. The number of likely N-dealkylation sites (N-methyl/N-ethyl adjacent to an activating group) is 1. The standard InChI is InChI=1S/C17H29N3O/c1-3-6-14-7-8-15(12-18)16(11-14)19(2)13-17(21)20-9-4-5-10-20/h14-16H,3-11,13H2,1-2H3. The highest BCUT2D eigenvalue weighted by molar-refractivity contribution is 5.78. The van der Waals surface area contributed by atoms with Gasteiger partial charge in [-0.25, -0.2) is 0 Å². The number of nitriles is 1. The molecule has 1 saturated carbocycles. The van der Waals surface area contributed by atoms with Crippen LogP contribution in [-0.4, -0.2) is 48.4 Å². The molecule has 2 rings (SSSR count). The third kappa shape index (κ3) is 4.20. The van der Waals surface area contributed by atoms with Gasteiger partial charge in [0.05, 0.1) is 18.5 Å². The van der Waals surface area contributed by atoms with E-state index >= 15 is 0 Å². The molecule has 118 valence electrons. The van der Waals surface area contributed by atoms with Crippen LogP contribution in [0, 0.1) is 23.2 Å². The van der Waals surface area contributed by atoms with Gasteiger partial charge >= 0.3 is 0 Å². The van der Waals surface area contributed by atoms with Gasteiger partial charge in [0.15, 0.2) is 0 Å². The van der Waals surface area contributed by atoms with Crippen molar-refractivity contribution in [2.75, 3.05) is 26.7 Å². The Labute approximate surface area is 129 Å². The number of nitrogens with zero attached hydrogens (tertiary/aromatic N) is 3. The minimum atomic E-state index is 0.0921. The van der Waals surface area contributed by atoms with Crippen LogP contribution in [0.2, 0.25) is 0 Å². The van der Waals surface area contributed by atoms with Gasteiger partial charge in [-0.3, -0.25) is 9.69 Å². The molecule has 3 unspecified atom stereocenters. The molecule has 2 aliphatic rings. The second-order valence-electron chi connectivity index (χ2n) is 6.77. The molecule has 1 heterocycles. The first kappa shape index (κ1) is 16.3. The lowest BCUT2D eigenvalue weighted by Gasteiger charge is -2.38. The van der Waals surface area contributed by atoms with Crippen LogP contribution in [0.5, 0.6) is 0 Å². The zero-order valence-corrected chi connectivity index (χ0v) is 13.6. The fourth-order valence-electron chi connectivity index (χ4n) is 3.94. The molecule has 1 amide bonds. The molecular formula is C17H29N3O. The molecular weight excluding hydrogens is 262 g/mol. The fourth-order valence-corrected chi connectivity index (χ4v) is 3.94. The molecule has 0 bridgehead atoms. The highest BCUT2D eigenvalue weighted by Gasteiger charge is 2.34. The van der Waals surface area contributed by atoms with E-state index in [1.165, 1.54) is 19.3 Å². The Morgan fingerprint density at radius 1 is 1.33 bits per heavy atom. The summed E-state index contributed by atoms with van der Waals surface area (Å²) >= 11 is 0. The van der Waals surface area contributed by atoms with Gasteiger partial charge in [0.1, 0.15) is 0 Å². The van der Waals surface area contributed by atoms with Gasteiger partial charge in [0.2, 0.25) is 5.91 Å². The van der Waals surface area contributed by atoms with Gasteiger partial charge in [0, 0.05) is 19.1 Å². The van der Waals surface area contributed by atoms with Gasteiger partial charge in [-0.2, -0.15) is 5.26 Å². The zero-order chi connectivity index (χ0) is 15.2. The minimum Gasteiger partial charge on any atom is -0.342 e. The molecule has 0 aromatic carbocycles. The van der Waals surface area contributed by atoms with Crippen LogP contribution in [0.15, 0.2) is 0 Å². The van der Waals surface area contributed by atoms with Crippen molar-refractivity contribution in [2.24, 2.45) is 11.8 Å². The topological polar surface area (TPSA) is 47.3 Å². The van der Waals surface area contributed by atoms with Gasteiger partial charge in [-0.05, 0) is 45.1 Å². The first-order chi connectivity index (χ1) is 10.2. The molecule has 2 fully saturated rings. The first-order valence-electron chi connectivity index (χ1n) is 8.53. The largest absolute Gasteiger partial charge is 0.342 e. The summed E-state index contributed by atoms with van der Waals surface area (Å²) in [6, 6.07) is 2.73. The van der Waals surface area contributed by atoms with Crippen LogP contribution < -0.4 is 0 Å². The predicted molar refractivity (Wildman–Crippen MR) is 83.6 cm³/mol. The van der Waals surface area contributed by atoms with E-state index in [9.17, 15) is 10.1 Å². The van der Waals surface area contributed by atoms with Crippen molar-refractivity contribution in [2.45, 2.75) is 57.9 Å². The van der Waals surface area contributed by atoms with E-state index in [2.05, 4.69) is 17.9 Å². The summed E-state index contributed by atoms with van der Waals surface area (Å²) in [7, 11) is 2.03. The molecule has 21 heavy (non-hydrogen) atoms. The first-order valence-corrected chi connectivity index (χ1v) is 8.53. The van der Waals surface area contributed by atoms with Gasteiger partial charge in [0.25, 0.3) is 0 Å². The normalized spacial score (nSPS) is 29.6. The Kier molecular flexibility index (Phi) is 6.05. The van der Waals surface area contributed by atoms with Crippen LogP contribution in [0.4, 0.5) is 0 Å². The van der Waals surface area contributed by atoms with E-state index in [4.69, 9.17) is 0 Å². The van der Waals surface area contributed by atoms with Crippen LogP contribution in [0.3, 0.4) is 0 Å². The van der Waals surface area contributed by atoms with Gasteiger partial charge in [-0.15, -0.1) is 0 Å². The number of hydrogen-bond acceptors (Lipinski definition) is 3. The molecule has 1 saturated heterocycles. The molecule has 1 aliphatic heterocycles. The SMILES string of the molecule is CCCC1CCC(C#N)C(N(C)CC(=O)N2CCCC2)C1. The van der Waals surface area contributed by atoms with Crippen molar-refractivity contribution < 1.29 is 4.79 Å². The molecule has 4 nitrogen and oxygen atoms in total.